The van der Waals surface area contributed by atoms with Gasteiger partial charge in [0.05, 0.1) is 40.8 Å². The number of nitrogens with zero attached hydrogens (tertiary/aromatic N) is 3. The maximum atomic E-state index is 11.4. The van der Waals surface area contributed by atoms with E-state index in [2.05, 4.69) is 30.9 Å². The van der Waals surface area contributed by atoms with Crippen LogP contribution in [-0.2, 0) is 11.3 Å². The number of carbonyl (C=O) groups is 2. The van der Waals surface area contributed by atoms with Gasteiger partial charge in [-0.25, -0.2) is 14.8 Å². The largest absolute Gasteiger partial charge is 0.481 e. The highest BCUT2D eigenvalue weighted by atomic mass is 32.2. The number of fused-ring (bicyclic) bond motifs is 2. The molecule has 1 aliphatic heterocycles. The number of methoxy groups -OCH3 is 1. The van der Waals surface area contributed by atoms with Crippen molar-refractivity contribution in [3.05, 3.63) is 42.2 Å². The standard InChI is InChI=1S/C14H19N3O2S.C10H9N3O3/c18-11-4-2-1-3-10(11)15-7-9-5-6-12-14(16-9)17-13(19)8-20-12;1-16-8-3-2-6-9(13-8)7(4-5-11-6)12-10(14)15/h5-6,10-11,15,18H,1-4,7-8H2,(H,16,17,19);2-5H,1H3,(H,11,12)(H,14,15)/t10-,11-;/m1./s1. The Bertz CT molecular complexity index is 1240. The Kier molecular flexibility index (Phi) is 8.52. The molecular formula is C24H28N6O5S. The fraction of sp³-hybridized carbons (Fsp3) is 0.375. The highest BCUT2D eigenvalue weighted by Gasteiger charge is 2.23. The fourth-order valence-corrected chi connectivity index (χ4v) is 4.78. The second-order valence-corrected chi connectivity index (χ2v) is 9.35. The average molecular weight is 513 g/mol. The third-order valence-corrected chi connectivity index (χ3v) is 6.86. The first-order valence-corrected chi connectivity index (χ1v) is 12.5. The zero-order valence-corrected chi connectivity index (χ0v) is 20.5. The fourth-order valence-electron chi connectivity index (χ4n) is 4.02. The predicted octanol–water partition coefficient (Wildman–Crippen LogP) is 3.25. The third-order valence-electron chi connectivity index (χ3n) is 5.82. The highest BCUT2D eigenvalue weighted by molar-refractivity contribution is 8.00. The molecule has 5 N–H and O–H groups in total. The first kappa shape index (κ1) is 25.6. The predicted molar refractivity (Wildman–Crippen MR) is 136 cm³/mol. The van der Waals surface area contributed by atoms with Gasteiger partial charge in [0.15, 0.2) is 0 Å². The molecule has 12 heteroatoms. The summed E-state index contributed by atoms with van der Waals surface area (Å²) in [6, 6.07) is 9.06. The smallest absolute Gasteiger partial charge is 0.409 e. The minimum absolute atomic E-state index is 0.00260. The molecule has 0 radical (unpaired) electrons. The summed E-state index contributed by atoms with van der Waals surface area (Å²) in [5.74, 6) is 1.53. The molecule has 3 aromatic heterocycles. The molecule has 0 unspecified atom stereocenters. The van der Waals surface area contributed by atoms with E-state index < -0.39 is 6.09 Å². The van der Waals surface area contributed by atoms with Crippen molar-refractivity contribution in [1.82, 2.24) is 20.3 Å². The highest BCUT2D eigenvalue weighted by Crippen LogP contribution is 2.29. The molecule has 2 aliphatic rings. The van der Waals surface area contributed by atoms with Crippen LogP contribution in [0.25, 0.3) is 11.0 Å². The lowest BCUT2D eigenvalue weighted by Gasteiger charge is -2.28. The minimum atomic E-state index is -1.14. The summed E-state index contributed by atoms with van der Waals surface area (Å²) in [6.45, 7) is 0.621. The average Bonchev–Trinajstić information content (AvgIpc) is 2.88. The Balaban J connectivity index is 0.000000174. The number of hydrogen-bond acceptors (Lipinski definition) is 9. The molecule has 1 fully saturated rings. The van der Waals surface area contributed by atoms with E-state index in [9.17, 15) is 14.7 Å². The van der Waals surface area contributed by atoms with E-state index in [-0.39, 0.29) is 18.1 Å². The molecule has 0 saturated heterocycles. The quantitative estimate of drug-likeness (QED) is 0.343. The minimum Gasteiger partial charge on any atom is -0.481 e. The van der Waals surface area contributed by atoms with E-state index in [4.69, 9.17) is 9.84 Å². The van der Waals surface area contributed by atoms with Crippen molar-refractivity contribution in [3.63, 3.8) is 0 Å². The molecule has 0 bridgehead atoms. The lowest BCUT2D eigenvalue weighted by molar-refractivity contribution is -0.113. The van der Waals surface area contributed by atoms with Crippen LogP contribution in [-0.4, -0.2) is 62.2 Å². The summed E-state index contributed by atoms with van der Waals surface area (Å²) in [7, 11) is 1.49. The number of nitrogens with one attached hydrogen (secondary N) is 3. The number of aromatic nitrogens is 3. The molecule has 2 atom stereocenters. The van der Waals surface area contributed by atoms with Gasteiger partial charge in [0.25, 0.3) is 0 Å². The first-order valence-electron chi connectivity index (χ1n) is 11.6. The van der Waals surface area contributed by atoms with Gasteiger partial charge in [-0.05, 0) is 37.1 Å². The van der Waals surface area contributed by atoms with E-state index in [1.807, 2.05) is 12.1 Å². The first-order chi connectivity index (χ1) is 17.4. The van der Waals surface area contributed by atoms with E-state index in [0.717, 1.165) is 29.9 Å². The number of anilines is 2. The summed E-state index contributed by atoms with van der Waals surface area (Å²) in [5, 5.41) is 27.0. The SMILES string of the molecule is COc1ccc2nccc(NC(=O)O)c2n1.O=C1CSc2ccc(CN[C@@H]3CCCC[C@H]3O)nc2N1. The normalized spacial score (nSPS) is 18.9. The second-order valence-electron chi connectivity index (χ2n) is 8.34. The number of thioether (sulfide) groups is 1. The molecule has 3 aromatic rings. The lowest BCUT2D eigenvalue weighted by atomic mass is 9.92. The van der Waals surface area contributed by atoms with Gasteiger partial charge in [0, 0.05) is 24.8 Å². The molecule has 11 nitrogen and oxygen atoms in total. The van der Waals surface area contributed by atoms with Crippen molar-refractivity contribution >= 4 is 46.3 Å². The molecule has 0 spiro atoms. The number of hydrogen-bond donors (Lipinski definition) is 5. The molecule has 0 aromatic carbocycles. The molecule has 36 heavy (non-hydrogen) atoms. The van der Waals surface area contributed by atoms with Crippen molar-refractivity contribution in [2.45, 2.75) is 49.3 Å². The van der Waals surface area contributed by atoms with Gasteiger partial charge in [-0.2, -0.15) is 0 Å². The number of pyridine rings is 3. The van der Waals surface area contributed by atoms with Gasteiger partial charge in [-0.3, -0.25) is 15.1 Å². The van der Waals surface area contributed by atoms with E-state index in [1.165, 1.54) is 31.5 Å². The topological polar surface area (TPSA) is 159 Å². The second kappa shape index (κ2) is 12.0. The zero-order valence-electron chi connectivity index (χ0n) is 19.7. The number of amides is 2. The van der Waals surface area contributed by atoms with Crippen molar-refractivity contribution in [2.75, 3.05) is 23.5 Å². The van der Waals surface area contributed by atoms with Gasteiger partial charge >= 0.3 is 6.09 Å². The molecule has 190 valence electrons. The van der Waals surface area contributed by atoms with Crippen LogP contribution in [0.2, 0.25) is 0 Å². The van der Waals surface area contributed by atoms with Crippen molar-refractivity contribution in [1.29, 1.82) is 0 Å². The van der Waals surface area contributed by atoms with Gasteiger partial charge in [0.2, 0.25) is 11.8 Å². The van der Waals surface area contributed by atoms with E-state index in [0.29, 0.717) is 40.7 Å². The van der Waals surface area contributed by atoms with Crippen LogP contribution < -0.4 is 20.7 Å². The summed E-state index contributed by atoms with van der Waals surface area (Å²) in [5.41, 5.74) is 2.34. The summed E-state index contributed by atoms with van der Waals surface area (Å²) >= 11 is 1.52. The van der Waals surface area contributed by atoms with Gasteiger partial charge in [0.1, 0.15) is 11.3 Å². The van der Waals surface area contributed by atoms with Gasteiger partial charge in [-0.1, -0.05) is 12.8 Å². The van der Waals surface area contributed by atoms with Crippen LogP contribution in [0.5, 0.6) is 5.88 Å². The van der Waals surface area contributed by atoms with Crippen molar-refractivity contribution in [3.8, 4) is 5.88 Å². The Labute approximate surface area is 212 Å². The molecule has 4 heterocycles. The van der Waals surface area contributed by atoms with Gasteiger partial charge in [-0.15, -0.1) is 11.8 Å². The molecule has 5 rings (SSSR count). The summed E-state index contributed by atoms with van der Waals surface area (Å²) in [6.07, 6.45) is 4.29. The van der Waals surface area contributed by atoms with Crippen LogP contribution in [0.15, 0.2) is 41.4 Å². The third kappa shape index (κ3) is 6.59. The number of rotatable bonds is 5. The molecule has 1 saturated carbocycles. The Morgan fingerprint density at radius 2 is 2.03 bits per heavy atom. The zero-order chi connectivity index (χ0) is 25.5. The Hall–Kier alpha value is -3.48. The maximum Gasteiger partial charge on any atom is 0.409 e. The van der Waals surface area contributed by atoms with E-state index >= 15 is 0 Å². The van der Waals surface area contributed by atoms with Crippen molar-refractivity contribution < 1.29 is 24.5 Å². The maximum absolute atomic E-state index is 11.4. The Morgan fingerprint density at radius 3 is 2.81 bits per heavy atom. The Morgan fingerprint density at radius 1 is 1.19 bits per heavy atom. The number of aliphatic hydroxyl groups is 1. The van der Waals surface area contributed by atoms with Crippen LogP contribution >= 0.6 is 11.8 Å². The van der Waals surface area contributed by atoms with Crippen LogP contribution in [0.4, 0.5) is 16.3 Å². The number of carbonyl (C=O) groups excluding carboxylic acids is 1. The van der Waals surface area contributed by atoms with E-state index in [1.54, 1.807) is 18.2 Å². The lowest BCUT2D eigenvalue weighted by Crippen LogP contribution is -2.41. The van der Waals surface area contributed by atoms with Gasteiger partial charge < -0.3 is 25.6 Å². The molecule has 2 amide bonds. The number of ether oxygens (including phenoxy) is 1. The molecule has 1 aliphatic carbocycles. The van der Waals surface area contributed by atoms with Crippen molar-refractivity contribution in [2.24, 2.45) is 0 Å². The summed E-state index contributed by atoms with van der Waals surface area (Å²) in [4.78, 5) is 35.6. The monoisotopic (exact) mass is 512 g/mol. The van der Waals surface area contributed by atoms with Crippen LogP contribution in [0, 0.1) is 0 Å². The number of aliphatic hydroxyl groups excluding tert-OH is 1. The number of carboxylic acid groups (broad SMARTS) is 1. The van der Waals surface area contributed by atoms with Crippen LogP contribution in [0.3, 0.4) is 0 Å². The molecular weight excluding hydrogens is 484 g/mol. The van der Waals surface area contributed by atoms with Crippen LogP contribution in [0.1, 0.15) is 31.4 Å². The summed E-state index contributed by atoms with van der Waals surface area (Å²) < 4.78 is 4.97.